The van der Waals surface area contributed by atoms with Gasteiger partial charge in [0.1, 0.15) is 17.3 Å². The van der Waals surface area contributed by atoms with Crippen LogP contribution in [0.4, 0.5) is 14.5 Å². The van der Waals surface area contributed by atoms with Gasteiger partial charge in [-0.15, -0.1) is 10.2 Å². The van der Waals surface area contributed by atoms with Crippen molar-refractivity contribution in [3.05, 3.63) is 35.7 Å². The number of para-hydroxylation sites is 1. The molecule has 8 heteroatoms. The van der Waals surface area contributed by atoms with Gasteiger partial charge < -0.3 is 9.73 Å². The molecule has 0 radical (unpaired) electrons. The fourth-order valence-corrected chi connectivity index (χ4v) is 6.34. The lowest BCUT2D eigenvalue weighted by atomic mass is 9.49. The molecule has 0 unspecified atom stereocenters. The van der Waals surface area contributed by atoms with Crippen LogP contribution in [0, 0.1) is 29.4 Å². The number of hydrogen-bond acceptors (Lipinski definition) is 5. The van der Waals surface area contributed by atoms with Crippen molar-refractivity contribution in [1.82, 2.24) is 10.2 Å². The lowest BCUT2D eigenvalue weighted by Gasteiger charge is -2.55. The van der Waals surface area contributed by atoms with Gasteiger partial charge in [-0.2, -0.15) is 0 Å². The third-order valence-electron chi connectivity index (χ3n) is 6.45. The predicted octanol–water partition coefficient (Wildman–Crippen LogP) is 4.55. The lowest BCUT2D eigenvalue weighted by molar-refractivity contribution is -0.113. The molecule has 1 aromatic heterocycles. The summed E-state index contributed by atoms with van der Waals surface area (Å²) in [6, 6.07) is 3.45. The summed E-state index contributed by atoms with van der Waals surface area (Å²) in [6.07, 6.45) is 7.38. The number of carbonyl (C=O) groups is 1. The Hall–Kier alpha value is -1.96. The van der Waals surface area contributed by atoms with Crippen molar-refractivity contribution in [3.63, 3.8) is 0 Å². The van der Waals surface area contributed by atoms with Gasteiger partial charge in [0.05, 0.1) is 5.75 Å². The molecule has 4 aliphatic rings. The van der Waals surface area contributed by atoms with E-state index in [1.165, 1.54) is 25.3 Å². The van der Waals surface area contributed by atoms with E-state index in [2.05, 4.69) is 15.5 Å². The van der Waals surface area contributed by atoms with Crippen LogP contribution >= 0.6 is 11.8 Å². The SMILES string of the molecule is O=C(CSc1nnc(C23CC4CC(CC(C4)C2)C3)o1)Nc1c(F)cccc1F. The summed E-state index contributed by atoms with van der Waals surface area (Å²) >= 11 is 1.09. The zero-order chi connectivity index (χ0) is 19.3. The topological polar surface area (TPSA) is 68.0 Å². The largest absolute Gasteiger partial charge is 0.415 e. The molecule has 0 spiro atoms. The van der Waals surface area contributed by atoms with E-state index in [1.54, 1.807) is 0 Å². The standard InChI is InChI=1S/C20H21F2N3O2S/c21-14-2-1-3-15(22)17(14)23-16(26)10-28-19-25-24-18(27-19)20-7-11-4-12(8-20)6-13(5-11)9-20/h1-3,11-13H,4-10H2,(H,23,26). The van der Waals surface area contributed by atoms with Gasteiger partial charge in [-0.3, -0.25) is 4.79 Å². The third-order valence-corrected chi connectivity index (χ3v) is 7.27. The highest BCUT2D eigenvalue weighted by molar-refractivity contribution is 7.99. The van der Waals surface area contributed by atoms with Gasteiger partial charge in [0.25, 0.3) is 5.22 Å². The molecule has 0 atom stereocenters. The summed E-state index contributed by atoms with van der Waals surface area (Å²) in [7, 11) is 0. The van der Waals surface area contributed by atoms with Gasteiger partial charge in [-0.05, 0) is 68.4 Å². The van der Waals surface area contributed by atoms with E-state index in [-0.39, 0.29) is 11.2 Å². The molecular formula is C20H21F2N3O2S. The molecule has 0 aliphatic heterocycles. The van der Waals surface area contributed by atoms with Gasteiger partial charge in [0.15, 0.2) is 0 Å². The molecule has 1 N–H and O–H groups in total. The average molecular weight is 405 g/mol. The number of nitrogens with one attached hydrogen (secondary N) is 1. The number of thioether (sulfide) groups is 1. The van der Waals surface area contributed by atoms with Crippen molar-refractivity contribution in [2.75, 3.05) is 11.1 Å². The first-order valence-corrected chi connectivity index (χ1v) is 10.7. The van der Waals surface area contributed by atoms with Gasteiger partial charge in [0.2, 0.25) is 11.8 Å². The van der Waals surface area contributed by atoms with Crippen LogP contribution in [0.3, 0.4) is 0 Å². The highest BCUT2D eigenvalue weighted by Gasteiger charge is 2.54. The Kier molecular flexibility index (Phi) is 4.41. The second-order valence-corrected chi connectivity index (χ2v) is 9.43. The highest BCUT2D eigenvalue weighted by atomic mass is 32.2. The van der Waals surface area contributed by atoms with Crippen LogP contribution in [0.25, 0.3) is 0 Å². The zero-order valence-corrected chi connectivity index (χ0v) is 16.1. The van der Waals surface area contributed by atoms with E-state index in [0.717, 1.165) is 60.9 Å². The van der Waals surface area contributed by atoms with Crippen molar-refractivity contribution >= 4 is 23.4 Å². The first-order chi connectivity index (χ1) is 13.5. The molecular weight excluding hydrogens is 384 g/mol. The van der Waals surface area contributed by atoms with E-state index in [0.29, 0.717) is 11.1 Å². The average Bonchev–Trinajstić information content (AvgIpc) is 3.12. The minimum absolute atomic E-state index is 0.0130. The number of halogens is 2. The smallest absolute Gasteiger partial charge is 0.277 e. The monoisotopic (exact) mass is 405 g/mol. The van der Waals surface area contributed by atoms with Crippen LogP contribution in [-0.4, -0.2) is 21.9 Å². The number of nitrogens with zero attached hydrogens (tertiary/aromatic N) is 2. The molecule has 0 saturated heterocycles. The Morgan fingerprint density at radius 2 is 1.71 bits per heavy atom. The first-order valence-electron chi connectivity index (χ1n) is 9.71. The van der Waals surface area contributed by atoms with Crippen LogP contribution in [0.5, 0.6) is 0 Å². The predicted molar refractivity (Wildman–Crippen MR) is 99.9 cm³/mol. The first kappa shape index (κ1) is 18.1. The molecule has 1 heterocycles. The Labute approximate surface area is 165 Å². The van der Waals surface area contributed by atoms with Crippen molar-refractivity contribution < 1.29 is 18.0 Å². The quantitative estimate of drug-likeness (QED) is 0.740. The van der Waals surface area contributed by atoms with E-state index >= 15 is 0 Å². The van der Waals surface area contributed by atoms with Crippen molar-refractivity contribution in [3.8, 4) is 0 Å². The van der Waals surface area contributed by atoms with Gasteiger partial charge in [-0.1, -0.05) is 17.8 Å². The normalized spacial score (nSPS) is 30.6. The van der Waals surface area contributed by atoms with Crippen molar-refractivity contribution in [2.45, 2.75) is 49.2 Å². The maximum atomic E-state index is 13.6. The van der Waals surface area contributed by atoms with E-state index in [9.17, 15) is 13.6 Å². The highest BCUT2D eigenvalue weighted by Crippen LogP contribution is 2.60. The molecule has 6 rings (SSSR count). The number of benzene rings is 1. The number of carbonyl (C=O) groups excluding carboxylic acids is 1. The van der Waals surface area contributed by atoms with Crippen LogP contribution < -0.4 is 5.32 Å². The Morgan fingerprint density at radius 1 is 1.11 bits per heavy atom. The molecule has 1 amide bonds. The summed E-state index contributed by atoms with van der Waals surface area (Å²) in [5.74, 6) is 0.830. The summed E-state index contributed by atoms with van der Waals surface area (Å²) in [5, 5.41) is 11.0. The zero-order valence-electron chi connectivity index (χ0n) is 15.3. The fraction of sp³-hybridized carbons (Fsp3) is 0.550. The number of hydrogen-bond donors (Lipinski definition) is 1. The maximum absolute atomic E-state index is 13.6. The molecule has 4 fully saturated rings. The Morgan fingerprint density at radius 3 is 2.32 bits per heavy atom. The molecule has 28 heavy (non-hydrogen) atoms. The molecule has 1 aromatic carbocycles. The fourth-order valence-electron chi connectivity index (χ4n) is 5.78. The van der Waals surface area contributed by atoms with Gasteiger partial charge in [0, 0.05) is 5.41 Å². The Balaban J connectivity index is 1.23. The van der Waals surface area contributed by atoms with Crippen molar-refractivity contribution in [1.29, 1.82) is 0 Å². The molecule has 4 aliphatic carbocycles. The molecule has 148 valence electrons. The number of aromatic nitrogens is 2. The lowest BCUT2D eigenvalue weighted by Crippen LogP contribution is -2.48. The summed E-state index contributed by atoms with van der Waals surface area (Å²) in [5.41, 5.74) is -0.424. The van der Waals surface area contributed by atoms with Gasteiger partial charge in [-0.25, -0.2) is 8.78 Å². The number of amides is 1. The maximum Gasteiger partial charge on any atom is 0.277 e. The summed E-state index contributed by atoms with van der Waals surface area (Å²) in [4.78, 5) is 12.1. The number of rotatable bonds is 5. The van der Waals surface area contributed by atoms with Gasteiger partial charge >= 0.3 is 0 Å². The van der Waals surface area contributed by atoms with E-state index in [4.69, 9.17) is 4.42 Å². The van der Waals surface area contributed by atoms with Crippen molar-refractivity contribution in [2.24, 2.45) is 17.8 Å². The summed E-state index contributed by atoms with van der Waals surface area (Å²) < 4.78 is 33.2. The number of anilines is 1. The molecule has 5 nitrogen and oxygen atoms in total. The second kappa shape index (κ2) is 6.83. The van der Waals surface area contributed by atoms with E-state index < -0.39 is 23.2 Å². The van der Waals surface area contributed by atoms with E-state index in [1.807, 2.05) is 0 Å². The van der Waals surface area contributed by atoms with Crippen LogP contribution in [-0.2, 0) is 10.2 Å². The molecule has 4 bridgehead atoms. The van der Waals surface area contributed by atoms with Crippen LogP contribution in [0.2, 0.25) is 0 Å². The van der Waals surface area contributed by atoms with Crippen LogP contribution in [0.15, 0.2) is 27.8 Å². The third kappa shape index (κ3) is 3.21. The summed E-state index contributed by atoms with van der Waals surface area (Å²) in [6.45, 7) is 0. The molecule has 2 aromatic rings. The minimum atomic E-state index is -0.805. The molecule has 4 saturated carbocycles. The minimum Gasteiger partial charge on any atom is -0.415 e. The van der Waals surface area contributed by atoms with Crippen LogP contribution in [0.1, 0.15) is 44.4 Å². The second-order valence-electron chi connectivity index (χ2n) is 8.50. The Bertz CT molecular complexity index is 861.